The highest BCUT2D eigenvalue weighted by atomic mass is 16.4. The minimum atomic E-state index is -1.62. The number of hydrogen-bond donors (Lipinski definition) is 8. The van der Waals surface area contributed by atoms with E-state index in [0.717, 1.165) is 10.9 Å². The second-order valence-corrected chi connectivity index (χ2v) is 9.16. The Morgan fingerprint density at radius 3 is 2.02 bits per heavy atom. The molecule has 40 heavy (non-hydrogen) atoms. The van der Waals surface area contributed by atoms with Crippen molar-refractivity contribution >= 4 is 40.6 Å². The zero-order valence-electron chi connectivity index (χ0n) is 21.4. The topological polar surface area (TPSA) is 224 Å². The molecular weight excluding hydrogens is 522 g/mol. The van der Waals surface area contributed by atoms with E-state index >= 15 is 0 Å². The van der Waals surface area contributed by atoms with Crippen molar-refractivity contribution in [2.45, 2.75) is 43.4 Å². The summed E-state index contributed by atoms with van der Waals surface area (Å²) in [5.74, 6) is -5.49. The number of fused-ring (bicyclic) bond motifs is 1. The minimum Gasteiger partial charge on any atom is -0.481 e. The van der Waals surface area contributed by atoms with E-state index in [1.54, 1.807) is 48.7 Å². The Labute approximate surface area is 228 Å². The van der Waals surface area contributed by atoms with Gasteiger partial charge in [0.15, 0.2) is 0 Å². The summed E-state index contributed by atoms with van der Waals surface area (Å²) in [5.41, 5.74) is 7.53. The molecule has 4 unspecified atom stereocenters. The lowest BCUT2D eigenvalue weighted by molar-refractivity contribution is -0.143. The maximum absolute atomic E-state index is 13.4. The molecule has 0 aliphatic carbocycles. The lowest BCUT2D eigenvalue weighted by atomic mass is 10.0. The number of aliphatic carboxylic acids is 2. The van der Waals surface area contributed by atoms with Crippen LogP contribution in [-0.2, 0) is 36.8 Å². The number of aliphatic hydroxyl groups is 1. The highest BCUT2D eigenvalue weighted by molar-refractivity contribution is 5.96. The Morgan fingerprint density at radius 1 is 0.775 bits per heavy atom. The minimum absolute atomic E-state index is 0.0214. The molecule has 212 valence electrons. The second-order valence-electron chi connectivity index (χ2n) is 9.16. The van der Waals surface area contributed by atoms with Crippen LogP contribution < -0.4 is 21.7 Å². The molecule has 13 nitrogen and oxygen atoms in total. The summed E-state index contributed by atoms with van der Waals surface area (Å²) in [6, 6.07) is 10.2. The van der Waals surface area contributed by atoms with Crippen molar-refractivity contribution in [3.05, 3.63) is 71.9 Å². The van der Waals surface area contributed by atoms with Crippen LogP contribution in [0.2, 0.25) is 0 Å². The lowest BCUT2D eigenvalue weighted by Gasteiger charge is -2.24. The number of carbonyl (C=O) groups excluding carboxylic acids is 3. The average molecular weight is 554 g/mol. The van der Waals surface area contributed by atoms with E-state index < -0.39 is 66.9 Å². The zero-order chi connectivity index (χ0) is 29.2. The summed E-state index contributed by atoms with van der Waals surface area (Å²) in [7, 11) is 0. The van der Waals surface area contributed by atoms with E-state index in [1.807, 2.05) is 12.1 Å². The monoisotopic (exact) mass is 553 g/mol. The molecule has 0 spiro atoms. The van der Waals surface area contributed by atoms with Gasteiger partial charge in [-0.2, -0.15) is 0 Å². The molecule has 3 aromatic rings. The Morgan fingerprint density at radius 2 is 1.38 bits per heavy atom. The SMILES string of the molecule is NC(CO)C(=O)NC(CC(=O)O)C(=O)NC(Cc1c[nH]c2ccccc12)C(=O)NC(Cc1ccccc1)C(=O)O. The first-order valence-corrected chi connectivity index (χ1v) is 12.4. The molecule has 0 radical (unpaired) electrons. The van der Waals surface area contributed by atoms with Crippen molar-refractivity contribution in [1.82, 2.24) is 20.9 Å². The van der Waals surface area contributed by atoms with Gasteiger partial charge in [-0.25, -0.2) is 4.79 Å². The van der Waals surface area contributed by atoms with Gasteiger partial charge in [0.2, 0.25) is 17.7 Å². The molecule has 2 aromatic carbocycles. The van der Waals surface area contributed by atoms with Crippen LogP contribution in [0.5, 0.6) is 0 Å². The van der Waals surface area contributed by atoms with Gasteiger partial charge in [0, 0.05) is 29.9 Å². The molecule has 9 N–H and O–H groups in total. The Kier molecular flexibility index (Phi) is 10.3. The van der Waals surface area contributed by atoms with E-state index in [9.17, 15) is 34.2 Å². The van der Waals surface area contributed by atoms with E-state index in [4.69, 9.17) is 10.8 Å². The Balaban J connectivity index is 1.87. The van der Waals surface area contributed by atoms with Crippen LogP contribution >= 0.6 is 0 Å². The summed E-state index contributed by atoms with van der Waals surface area (Å²) in [6.07, 6.45) is 0.713. The van der Waals surface area contributed by atoms with Crippen LogP contribution in [0, 0.1) is 0 Å². The predicted molar refractivity (Wildman–Crippen MR) is 143 cm³/mol. The van der Waals surface area contributed by atoms with E-state index in [1.165, 1.54) is 0 Å². The largest absolute Gasteiger partial charge is 0.481 e. The number of carboxylic acids is 2. The van der Waals surface area contributed by atoms with Gasteiger partial charge in [-0.15, -0.1) is 0 Å². The molecule has 0 bridgehead atoms. The van der Waals surface area contributed by atoms with Gasteiger partial charge in [0.25, 0.3) is 0 Å². The molecule has 1 heterocycles. The van der Waals surface area contributed by atoms with Crippen molar-refractivity contribution in [3.63, 3.8) is 0 Å². The molecule has 0 aliphatic heterocycles. The van der Waals surface area contributed by atoms with Crippen LogP contribution in [0.1, 0.15) is 17.5 Å². The predicted octanol–water partition coefficient (Wildman–Crippen LogP) is -0.714. The standard InChI is InChI=1S/C27H31N5O8/c28-18(14-33)24(36)30-21(12-23(34)35)26(38)31-20(11-16-13-29-19-9-5-4-8-17(16)19)25(37)32-22(27(39)40)10-15-6-2-1-3-7-15/h1-9,13,18,20-22,29,33H,10-12,14,28H2,(H,30,36)(H,31,38)(H,32,37)(H,34,35)(H,39,40). The number of aromatic amines is 1. The second kappa shape index (κ2) is 13.9. The Hall–Kier alpha value is -4.75. The molecule has 0 aliphatic rings. The van der Waals surface area contributed by atoms with E-state index in [-0.39, 0.29) is 12.8 Å². The van der Waals surface area contributed by atoms with Crippen molar-refractivity contribution in [2.24, 2.45) is 5.73 Å². The molecular formula is C27H31N5O8. The first-order valence-electron chi connectivity index (χ1n) is 12.4. The average Bonchev–Trinajstić information content (AvgIpc) is 3.34. The maximum atomic E-state index is 13.4. The molecule has 0 saturated heterocycles. The molecule has 4 atom stereocenters. The van der Waals surface area contributed by atoms with Gasteiger partial charge < -0.3 is 42.0 Å². The quantitative estimate of drug-likeness (QED) is 0.126. The number of benzene rings is 2. The third kappa shape index (κ3) is 8.12. The van der Waals surface area contributed by atoms with Crippen LogP contribution in [0.3, 0.4) is 0 Å². The first kappa shape index (κ1) is 29.8. The maximum Gasteiger partial charge on any atom is 0.326 e. The number of H-pyrrole nitrogens is 1. The molecule has 3 amide bonds. The summed E-state index contributed by atoms with van der Waals surface area (Å²) >= 11 is 0. The number of carboxylic acid groups (broad SMARTS) is 2. The molecule has 3 rings (SSSR count). The Bertz CT molecular complexity index is 1360. The van der Waals surface area contributed by atoms with E-state index in [0.29, 0.717) is 11.1 Å². The number of rotatable bonds is 14. The van der Waals surface area contributed by atoms with Crippen LogP contribution in [0.15, 0.2) is 60.8 Å². The fourth-order valence-corrected chi connectivity index (χ4v) is 4.07. The third-order valence-corrected chi connectivity index (χ3v) is 6.17. The highest BCUT2D eigenvalue weighted by Crippen LogP contribution is 2.19. The third-order valence-electron chi connectivity index (χ3n) is 6.17. The zero-order valence-corrected chi connectivity index (χ0v) is 21.4. The summed E-state index contributed by atoms with van der Waals surface area (Å²) in [5, 5.41) is 36.0. The lowest BCUT2D eigenvalue weighted by Crippen LogP contribution is -2.58. The number of para-hydroxylation sites is 1. The van der Waals surface area contributed by atoms with Gasteiger partial charge in [-0.3, -0.25) is 19.2 Å². The number of aliphatic hydroxyl groups excluding tert-OH is 1. The van der Waals surface area contributed by atoms with Gasteiger partial charge in [0.05, 0.1) is 13.0 Å². The summed E-state index contributed by atoms with van der Waals surface area (Å²) in [4.78, 5) is 65.1. The number of aromatic nitrogens is 1. The number of hydrogen-bond acceptors (Lipinski definition) is 7. The number of amides is 3. The molecule has 0 fully saturated rings. The number of carbonyl (C=O) groups is 5. The van der Waals surface area contributed by atoms with Crippen LogP contribution in [0.4, 0.5) is 0 Å². The smallest absolute Gasteiger partial charge is 0.326 e. The summed E-state index contributed by atoms with van der Waals surface area (Å²) in [6.45, 7) is -0.739. The van der Waals surface area contributed by atoms with Crippen molar-refractivity contribution in [2.75, 3.05) is 6.61 Å². The van der Waals surface area contributed by atoms with Gasteiger partial charge in [0.1, 0.15) is 24.2 Å². The number of nitrogens with two attached hydrogens (primary N) is 1. The van der Waals surface area contributed by atoms with Crippen LogP contribution in [0.25, 0.3) is 10.9 Å². The van der Waals surface area contributed by atoms with Gasteiger partial charge in [-0.1, -0.05) is 48.5 Å². The summed E-state index contributed by atoms with van der Waals surface area (Å²) < 4.78 is 0. The van der Waals surface area contributed by atoms with Gasteiger partial charge >= 0.3 is 11.9 Å². The fraction of sp³-hybridized carbons (Fsp3) is 0.296. The van der Waals surface area contributed by atoms with Crippen molar-refractivity contribution in [1.29, 1.82) is 0 Å². The van der Waals surface area contributed by atoms with Crippen molar-refractivity contribution in [3.8, 4) is 0 Å². The van der Waals surface area contributed by atoms with E-state index in [2.05, 4.69) is 20.9 Å². The molecule has 0 saturated carbocycles. The van der Waals surface area contributed by atoms with Crippen LogP contribution in [-0.4, -0.2) is 80.7 Å². The highest BCUT2D eigenvalue weighted by Gasteiger charge is 2.32. The van der Waals surface area contributed by atoms with Crippen molar-refractivity contribution < 1.29 is 39.3 Å². The number of nitrogens with one attached hydrogen (secondary N) is 4. The molecule has 13 heteroatoms. The normalized spacial score (nSPS) is 13.9. The van der Waals surface area contributed by atoms with Gasteiger partial charge in [-0.05, 0) is 17.2 Å². The fourth-order valence-electron chi connectivity index (χ4n) is 4.07. The molecule has 1 aromatic heterocycles. The first-order chi connectivity index (χ1) is 19.1.